The predicted octanol–water partition coefficient (Wildman–Crippen LogP) is 1.08. The number of anilines is 2. The fourth-order valence-electron chi connectivity index (χ4n) is 1.49. The second-order valence-corrected chi connectivity index (χ2v) is 4.76. The number of hydrogen-bond donors (Lipinski definition) is 3. The standard InChI is InChI=1S/C11H17N3O3S/c1-6(15)9-8(12)7(10(13)16)11(18-9)14-4-3-5-17-2/h14H,3-5,12H2,1-2H3,(H2,13,16). The minimum atomic E-state index is -0.634. The molecule has 0 atom stereocenters. The Hall–Kier alpha value is -1.60. The highest BCUT2D eigenvalue weighted by Crippen LogP contribution is 2.35. The van der Waals surface area contributed by atoms with Crippen molar-refractivity contribution in [3.05, 3.63) is 10.4 Å². The summed E-state index contributed by atoms with van der Waals surface area (Å²) >= 11 is 1.15. The normalized spacial score (nSPS) is 10.3. The minimum absolute atomic E-state index is 0.161. The van der Waals surface area contributed by atoms with E-state index in [1.54, 1.807) is 7.11 Å². The molecule has 0 fully saturated rings. The zero-order chi connectivity index (χ0) is 13.7. The first kappa shape index (κ1) is 14.5. The number of amides is 1. The molecule has 0 aliphatic carbocycles. The van der Waals surface area contributed by atoms with Gasteiger partial charge in [0, 0.05) is 27.2 Å². The van der Waals surface area contributed by atoms with Crippen LogP contribution in [0.5, 0.6) is 0 Å². The molecule has 1 heterocycles. The maximum Gasteiger partial charge on any atom is 0.253 e. The molecular formula is C11H17N3O3S. The molecule has 0 bridgehead atoms. The van der Waals surface area contributed by atoms with Crippen molar-refractivity contribution in [2.45, 2.75) is 13.3 Å². The molecule has 1 amide bonds. The summed E-state index contributed by atoms with van der Waals surface area (Å²) < 4.78 is 4.92. The summed E-state index contributed by atoms with van der Waals surface area (Å²) in [5, 5.41) is 3.59. The largest absolute Gasteiger partial charge is 0.397 e. The molecule has 1 rings (SSSR count). The monoisotopic (exact) mass is 271 g/mol. The highest BCUT2D eigenvalue weighted by Gasteiger charge is 2.21. The van der Waals surface area contributed by atoms with Gasteiger partial charge in [0.15, 0.2) is 5.78 Å². The molecule has 5 N–H and O–H groups in total. The molecular weight excluding hydrogens is 254 g/mol. The number of rotatable bonds is 7. The van der Waals surface area contributed by atoms with Gasteiger partial charge in [-0.25, -0.2) is 0 Å². The maximum atomic E-state index is 11.4. The highest BCUT2D eigenvalue weighted by atomic mass is 32.1. The van der Waals surface area contributed by atoms with Crippen LogP contribution in [-0.4, -0.2) is 32.0 Å². The summed E-state index contributed by atoms with van der Waals surface area (Å²) in [6.45, 7) is 2.63. The molecule has 7 heteroatoms. The molecule has 0 saturated heterocycles. The number of carbonyl (C=O) groups excluding carboxylic acids is 2. The Balaban J connectivity index is 2.92. The SMILES string of the molecule is COCCCNc1sc(C(C)=O)c(N)c1C(N)=O. The van der Waals surface area contributed by atoms with Crippen LogP contribution in [0.3, 0.4) is 0 Å². The number of primary amides is 1. The van der Waals surface area contributed by atoms with Crippen LogP contribution >= 0.6 is 11.3 Å². The van der Waals surface area contributed by atoms with Gasteiger partial charge in [0.25, 0.3) is 5.91 Å². The Morgan fingerprint density at radius 3 is 2.61 bits per heavy atom. The third kappa shape index (κ3) is 3.21. The molecule has 100 valence electrons. The molecule has 0 aromatic carbocycles. The Morgan fingerprint density at radius 2 is 2.11 bits per heavy atom. The second kappa shape index (κ2) is 6.36. The van der Waals surface area contributed by atoms with E-state index in [1.165, 1.54) is 6.92 Å². The third-order valence-corrected chi connectivity index (χ3v) is 3.59. The zero-order valence-corrected chi connectivity index (χ0v) is 11.2. The fraction of sp³-hybridized carbons (Fsp3) is 0.455. The van der Waals surface area contributed by atoms with Gasteiger partial charge in [0.05, 0.1) is 16.1 Å². The van der Waals surface area contributed by atoms with Crippen LogP contribution in [0.2, 0.25) is 0 Å². The van der Waals surface area contributed by atoms with Crippen molar-refractivity contribution < 1.29 is 14.3 Å². The molecule has 0 aliphatic rings. The zero-order valence-electron chi connectivity index (χ0n) is 10.4. The summed E-state index contributed by atoms with van der Waals surface area (Å²) in [5.41, 5.74) is 11.4. The number of carbonyl (C=O) groups is 2. The van der Waals surface area contributed by atoms with E-state index >= 15 is 0 Å². The van der Waals surface area contributed by atoms with E-state index in [0.717, 1.165) is 17.8 Å². The average molecular weight is 271 g/mol. The molecule has 1 aromatic rings. The van der Waals surface area contributed by atoms with Gasteiger partial charge in [-0.15, -0.1) is 11.3 Å². The van der Waals surface area contributed by atoms with Crippen LogP contribution in [0.4, 0.5) is 10.7 Å². The third-order valence-electron chi connectivity index (χ3n) is 2.32. The van der Waals surface area contributed by atoms with Crippen LogP contribution in [0.15, 0.2) is 0 Å². The Labute approximate surface area is 109 Å². The average Bonchev–Trinajstić information content (AvgIpc) is 2.62. The molecule has 6 nitrogen and oxygen atoms in total. The number of hydrogen-bond acceptors (Lipinski definition) is 6. The second-order valence-electron chi connectivity index (χ2n) is 3.74. The number of Topliss-reactive ketones (excluding diaryl/α,β-unsaturated/α-hetero) is 1. The Morgan fingerprint density at radius 1 is 1.44 bits per heavy atom. The summed E-state index contributed by atoms with van der Waals surface area (Å²) in [4.78, 5) is 23.1. The van der Waals surface area contributed by atoms with Crippen molar-refractivity contribution in [2.75, 3.05) is 31.3 Å². The lowest BCUT2D eigenvalue weighted by molar-refractivity contribution is 0.100. The lowest BCUT2D eigenvalue weighted by Gasteiger charge is -2.05. The predicted molar refractivity (Wildman–Crippen MR) is 72.2 cm³/mol. The Kier molecular flexibility index (Phi) is 5.11. The van der Waals surface area contributed by atoms with Gasteiger partial charge < -0.3 is 21.5 Å². The van der Waals surface area contributed by atoms with Gasteiger partial charge in [0.2, 0.25) is 0 Å². The van der Waals surface area contributed by atoms with Crippen LogP contribution in [0.25, 0.3) is 0 Å². The van der Waals surface area contributed by atoms with Crippen molar-refractivity contribution in [2.24, 2.45) is 5.73 Å². The summed E-state index contributed by atoms with van der Waals surface area (Å²) in [6, 6.07) is 0. The number of ketones is 1. The molecule has 0 saturated carbocycles. The quantitative estimate of drug-likeness (QED) is 0.508. The minimum Gasteiger partial charge on any atom is -0.397 e. The highest BCUT2D eigenvalue weighted by molar-refractivity contribution is 7.19. The van der Waals surface area contributed by atoms with E-state index in [2.05, 4.69) is 5.32 Å². The topological polar surface area (TPSA) is 107 Å². The molecule has 0 radical (unpaired) electrons. The number of methoxy groups -OCH3 is 1. The maximum absolute atomic E-state index is 11.4. The van der Waals surface area contributed by atoms with Crippen molar-refractivity contribution in [3.8, 4) is 0 Å². The van der Waals surface area contributed by atoms with Gasteiger partial charge in [-0.05, 0) is 6.42 Å². The van der Waals surface area contributed by atoms with E-state index in [1.807, 2.05) is 0 Å². The number of nitrogens with one attached hydrogen (secondary N) is 1. The first-order chi connectivity index (χ1) is 8.49. The van der Waals surface area contributed by atoms with Crippen LogP contribution < -0.4 is 16.8 Å². The van der Waals surface area contributed by atoms with Crippen molar-refractivity contribution in [1.82, 2.24) is 0 Å². The van der Waals surface area contributed by atoms with E-state index in [0.29, 0.717) is 23.0 Å². The number of thiophene rings is 1. The van der Waals surface area contributed by atoms with Crippen molar-refractivity contribution in [1.29, 1.82) is 0 Å². The number of nitrogens with two attached hydrogens (primary N) is 2. The lowest BCUT2D eigenvalue weighted by Crippen LogP contribution is -2.15. The van der Waals surface area contributed by atoms with Gasteiger partial charge >= 0.3 is 0 Å². The first-order valence-corrected chi connectivity index (χ1v) is 6.26. The van der Waals surface area contributed by atoms with Crippen LogP contribution in [-0.2, 0) is 4.74 Å². The smallest absolute Gasteiger partial charge is 0.253 e. The van der Waals surface area contributed by atoms with E-state index in [-0.39, 0.29) is 17.0 Å². The fourth-order valence-corrected chi connectivity index (χ4v) is 2.54. The van der Waals surface area contributed by atoms with E-state index < -0.39 is 5.91 Å². The first-order valence-electron chi connectivity index (χ1n) is 5.44. The molecule has 0 aliphatic heterocycles. The van der Waals surface area contributed by atoms with Gasteiger partial charge in [-0.1, -0.05) is 0 Å². The Bertz CT molecular complexity index is 457. The number of nitrogen functional groups attached to an aromatic ring is 1. The number of ether oxygens (including phenoxy) is 1. The summed E-state index contributed by atoms with van der Waals surface area (Å²) in [5.74, 6) is -0.810. The van der Waals surface area contributed by atoms with E-state index in [4.69, 9.17) is 16.2 Å². The molecule has 1 aromatic heterocycles. The van der Waals surface area contributed by atoms with Crippen LogP contribution in [0, 0.1) is 0 Å². The summed E-state index contributed by atoms with van der Waals surface area (Å²) in [6.07, 6.45) is 0.780. The van der Waals surface area contributed by atoms with Gasteiger partial charge in [-0.2, -0.15) is 0 Å². The van der Waals surface area contributed by atoms with E-state index in [9.17, 15) is 9.59 Å². The van der Waals surface area contributed by atoms with Gasteiger partial charge in [-0.3, -0.25) is 9.59 Å². The lowest BCUT2D eigenvalue weighted by atomic mass is 10.2. The molecule has 18 heavy (non-hydrogen) atoms. The summed E-state index contributed by atoms with van der Waals surface area (Å²) in [7, 11) is 1.62. The van der Waals surface area contributed by atoms with Crippen molar-refractivity contribution >= 4 is 33.7 Å². The molecule has 0 spiro atoms. The van der Waals surface area contributed by atoms with Gasteiger partial charge in [0.1, 0.15) is 5.00 Å². The van der Waals surface area contributed by atoms with Crippen LogP contribution in [0.1, 0.15) is 33.4 Å². The van der Waals surface area contributed by atoms with Crippen molar-refractivity contribution in [3.63, 3.8) is 0 Å². The molecule has 0 unspecified atom stereocenters.